The standard InChI is InChI=1S/C23H25N3O3S3/c1-30-22-17-5-3-2-4-16(17)20(31-22)21(27)25-10-8-23(9-11-25)14-26(32(28)29)19-7-6-15(13-24)12-18(19)23/h2-7,12H,8-11,13-14,24H2,1H3,(H,28,29). The minimum atomic E-state index is -2.08. The van der Waals surface area contributed by atoms with Crippen LogP contribution in [-0.4, -0.2) is 45.5 Å². The maximum absolute atomic E-state index is 13.5. The van der Waals surface area contributed by atoms with Gasteiger partial charge in [0.15, 0.2) is 0 Å². The molecule has 2 aliphatic rings. The number of fused-ring (bicyclic) bond motifs is 3. The molecule has 1 spiro atoms. The second-order valence-corrected chi connectivity index (χ2v) is 11.4. The van der Waals surface area contributed by atoms with E-state index in [1.807, 2.05) is 41.5 Å². The van der Waals surface area contributed by atoms with Crippen molar-refractivity contribution >= 4 is 56.7 Å². The summed E-state index contributed by atoms with van der Waals surface area (Å²) in [5.41, 5.74) is 8.53. The predicted molar refractivity (Wildman–Crippen MR) is 133 cm³/mol. The first-order chi connectivity index (χ1) is 15.5. The van der Waals surface area contributed by atoms with E-state index in [9.17, 15) is 13.6 Å². The molecule has 0 bridgehead atoms. The Balaban J connectivity index is 1.42. The maximum atomic E-state index is 13.5. The monoisotopic (exact) mass is 487 g/mol. The van der Waals surface area contributed by atoms with Crippen LogP contribution in [0, 0.1) is 0 Å². The van der Waals surface area contributed by atoms with Crippen LogP contribution in [0.3, 0.4) is 0 Å². The highest BCUT2D eigenvalue weighted by atomic mass is 32.2. The van der Waals surface area contributed by atoms with Gasteiger partial charge in [0.2, 0.25) is 0 Å². The SMILES string of the molecule is CSc1sc(C(=O)N2CCC3(CC2)CN(S(=O)O)c2ccc(CN)cc23)c2ccccc12. The Morgan fingerprint density at radius 1 is 1.22 bits per heavy atom. The largest absolute Gasteiger partial charge is 0.338 e. The van der Waals surface area contributed by atoms with Gasteiger partial charge in [-0.1, -0.05) is 36.4 Å². The maximum Gasteiger partial charge on any atom is 0.264 e. The number of carbonyl (C=O) groups is 1. The lowest BCUT2D eigenvalue weighted by atomic mass is 9.74. The molecule has 1 saturated heterocycles. The molecule has 9 heteroatoms. The molecule has 1 aromatic heterocycles. The van der Waals surface area contributed by atoms with Gasteiger partial charge < -0.3 is 10.6 Å². The number of benzene rings is 2. The summed E-state index contributed by atoms with van der Waals surface area (Å²) in [6.45, 7) is 2.16. The number of hydrogen-bond acceptors (Lipinski definition) is 5. The molecule has 3 aromatic rings. The van der Waals surface area contributed by atoms with Crippen molar-refractivity contribution in [3.8, 4) is 0 Å². The van der Waals surface area contributed by atoms with E-state index in [1.165, 1.54) is 0 Å². The van der Waals surface area contributed by atoms with E-state index < -0.39 is 11.3 Å². The lowest BCUT2D eigenvalue weighted by Crippen LogP contribution is -2.47. The zero-order chi connectivity index (χ0) is 22.5. The Morgan fingerprint density at radius 3 is 2.59 bits per heavy atom. The Kier molecular flexibility index (Phi) is 5.79. The van der Waals surface area contributed by atoms with Crippen LogP contribution >= 0.6 is 23.1 Å². The second-order valence-electron chi connectivity index (χ2n) is 8.36. The minimum Gasteiger partial charge on any atom is -0.338 e. The summed E-state index contributed by atoms with van der Waals surface area (Å²) in [7, 11) is 0. The normalized spacial score (nSPS) is 18.3. The summed E-state index contributed by atoms with van der Waals surface area (Å²) in [5, 5.41) is 2.16. The Bertz CT molecular complexity index is 1220. The summed E-state index contributed by atoms with van der Waals surface area (Å²) in [6, 6.07) is 14.0. The van der Waals surface area contributed by atoms with Crippen LogP contribution in [0.25, 0.3) is 10.8 Å². The third kappa shape index (κ3) is 3.47. The molecule has 1 amide bonds. The highest BCUT2D eigenvalue weighted by molar-refractivity contribution is 8.00. The smallest absolute Gasteiger partial charge is 0.264 e. The summed E-state index contributed by atoms with van der Waals surface area (Å²) in [4.78, 5) is 16.2. The quantitative estimate of drug-likeness (QED) is 0.425. The molecule has 0 aliphatic carbocycles. The summed E-state index contributed by atoms with van der Waals surface area (Å²) in [5.74, 6) is 0.0814. The van der Waals surface area contributed by atoms with Crippen molar-refractivity contribution in [2.24, 2.45) is 5.73 Å². The molecular formula is C23H25N3O3S3. The van der Waals surface area contributed by atoms with Gasteiger partial charge in [0.1, 0.15) is 4.88 Å². The van der Waals surface area contributed by atoms with Gasteiger partial charge in [-0.05, 0) is 36.3 Å². The number of carbonyl (C=O) groups excluding carboxylic acids is 1. The van der Waals surface area contributed by atoms with Crippen LogP contribution in [0.2, 0.25) is 0 Å². The molecule has 0 radical (unpaired) electrons. The van der Waals surface area contributed by atoms with Gasteiger partial charge in [-0.2, -0.15) is 0 Å². The number of hydrogen-bond donors (Lipinski definition) is 2. The predicted octanol–water partition coefficient (Wildman–Crippen LogP) is 4.21. The number of likely N-dealkylation sites (tertiary alicyclic amines) is 1. The number of thiophene rings is 1. The number of amides is 1. The number of rotatable bonds is 4. The van der Waals surface area contributed by atoms with Crippen molar-refractivity contribution < 1.29 is 13.6 Å². The average Bonchev–Trinajstić information content (AvgIpc) is 3.35. The molecule has 2 aromatic carbocycles. The fourth-order valence-electron chi connectivity index (χ4n) is 5.02. The first-order valence-corrected chi connectivity index (χ1v) is 13.6. The fraction of sp³-hybridized carbons (Fsp3) is 0.348. The first-order valence-electron chi connectivity index (χ1n) is 10.5. The molecular weight excluding hydrogens is 462 g/mol. The first kappa shape index (κ1) is 21.9. The number of nitrogens with zero attached hydrogens (tertiary/aromatic N) is 2. The molecule has 6 nitrogen and oxygen atoms in total. The topological polar surface area (TPSA) is 86.9 Å². The van der Waals surface area contributed by atoms with Gasteiger partial charge in [-0.15, -0.1) is 23.1 Å². The average molecular weight is 488 g/mol. The van der Waals surface area contributed by atoms with Crippen LogP contribution in [0.5, 0.6) is 0 Å². The van der Waals surface area contributed by atoms with Gasteiger partial charge >= 0.3 is 0 Å². The third-order valence-corrected chi connectivity index (χ3v) is 9.79. The van der Waals surface area contributed by atoms with E-state index in [0.717, 1.165) is 49.5 Å². The van der Waals surface area contributed by atoms with Gasteiger partial charge in [0.25, 0.3) is 17.2 Å². The molecule has 5 rings (SSSR count). The summed E-state index contributed by atoms with van der Waals surface area (Å²) < 4.78 is 24.6. The van der Waals surface area contributed by atoms with E-state index in [4.69, 9.17) is 5.73 Å². The summed E-state index contributed by atoms with van der Waals surface area (Å²) >= 11 is 1.17. The molecule has 168 valence electrons. The molecule has 1 atom stereocenters. The molecule has 0 saturated carbocycles. The van der Waals surface area contributed by atoms with Crippen LogP contribution in [0.1, 0.15) is 33.6 Å². The lowest BCUT2D eigenvalue weighted by molar-refractivity contribution is 0.0681. The van der Waals surface area contributed by atoms with Crippen molar-refractivity contribution in [2.45, 2.75) is 29.0 Å². The van der Waals surface area contributed by atoms with E-state index in [2.05, 4.69) is 12.1 Å². The highest BCUT2D eigenvalue weighted by Gasteiger charge is 2.47. The fourth-order valence-corrected chi connectivity index (χ4v) is 7.66. The van der Waals surface area contributed by atoms with E-state index in [-0.39, 0.29) is 11.3 Å². The number of nitrogens with two attached hydrogens (primary N) is 1. The Labute approximate surface area is 198 Å². The number of piperidine rings is 1. The molecule has 2 aliphatic heterocycles. The van der Waals surface area contributed by atoms with Gasteiger partial charge in [0.05, 0.1) is 9.90 Å². The van der Waals surface area contributed by atoms with Crippen LogP contribution in [-0.2, 0) is 23.2 Å². The molecule has 1 fully saturated rings. The lowest BCUT2D eigenvalue weighted by Gasteiger charge is -2.39. The van der Waals surface area contributed by atoms with Crippen LogP contribution in [0.4, 0.5) is 5.69 Å². The van der Waals surface area contributed by atoms with Crippen LogP contribution in [0.15, 0.2) is 46.7 Å². The van der Waals surface area contributed by atoms with E-state index in [0.29, 0.717) is 26.2 Å². The number of thioether (sulfide) groups is 1. The van der Waals surface area contributed by atoms with Crippen molar-refractivity contribution in [3.05, 3.63) is 58.5 Å². The third-order valence-electron chi connectivity index (χ3n) is 6.75. The van der Waals surface area contributed by atoms with Gasteiger partial charge in [0, 0.05) is 42.4 Å². The van der Waals surface area contributed by atoms with Crippen molar-refractivity contribution in [3.63, 3.8) is 0 Å². The molecule has 3 heterocycles. The Hall–Kier alpha value is -1.91. The van der Waals surface area contributed by atoms with Crippen LogP contribution < -0.4 is 10.0 Å². The van der Waals surface area contributed by atoms with Crippen molar-refractivity contribution in [1.29, 1.82) is 0 Å². The van der Waals surface area contributed by atoms with Gasteiger partial charge in [-0.25, -0.2) is 4.21 Å². The van der Waals surface area contributed by atoms with E-state index in [1.54, 1.807) is 27.4 Å². The number of anilines is 1. The van der Waals surface area contributed by atoms with E-state index >= 15 is 0 Å². The highest BCUT2D eigenvalue weighted by Crippen LogP contribution is 2.48. The summed E-state index contributed by atoms with van der Waals surface area (Å²) in [6.07, 6.45) is 3.56. The Morgan fingerprint density at radius 2 is 1.94 bits per heavy atom. The van der Waals surface area contributed by atoms with Crippen molar-refractivity contribution in [1.82, 2.24) is 4.90 Å². The molecule has 3 N–H and O–H groups in total. The second kappa shape index (κ2) is 8.46. The minimum absolute atomic E-state index is 0.0814. The van der Waals surface area contributed by atoms with Crippen molar-refractivity contribution in [2.75, 3.05) is 30.2 Å². The molecule has 32 heavy (non-hydrogen) atoms. The van der Waals surface area contributed by atoms with Gasteiger partial charge in [-0.3, -0.25) is 13.7 Å². The zero-order valence-corrected chi connectivity index (χ0v) is 20.2. The molecule has 1 unspecified atom stereocenters. The zero-order valence-electron chi connectivity index (χ0n) is 17.7.